The number of hydrogen-bond donors (Lipinski definition) is 2. The topological polar surface area (TPSA) is 86.7 Å². The van der Waals surface area contributed by atoms with Crippen LogP contribution in [0, 0.1) is 0 Å². The quantitative estimate of drug-likeness (QED) is 0.652. The molecule has 1 amide bonds. The number of carbonyl (C=O) groups excluding carboxylic acids is 1. The first kappa shape index (κ1) is 14.4. The Morgan fingerprint density at radius 1 is 1.53 bits per heavy atom. The Hall–Kier alpha value is -0.660. The maximum absolute atomic E-state index is 11.8. The van der Waals surface area contributed by atoms with E-state index in [-0.39, 0.29) is 17.4 Å². The number of amides is 1. The summed E-state index contributed by atoms with van der Waals surface area (Å²) in [5, 5.41) is 12.5. The molecule has 1 saturated heterocycles. The normalized spacial score (nSPS) is 28.9. The van der Waals surface area contributed by atoms with E-state index in [1.54, 1.807) is 18.9 Å². The van der Waals surface area contributed by atoms with Gasteiger partial charge in [0.05, 0.1) is 23.7 Å². The van der Waals surface area contributed by atoms with Crippen LogP contribution < -0.4 is 5.32 Å². The molecule has 0 aromatic heterocycles. The van der Waals surface area contributed by atoms with Gasteiger partial charge in [0.15, 0.2) is 9.84 Å². The lowest BCUT2D eigenvalue weighted by atomic mass is 10.2. The Kier molecular flexibility index (Phi) is 4.51. The van der Waals surface area contributed by atoms with Crippen molar-refractivity contribution in [3.8, 4) is 0 Å². The summed E-state index contributed by atoms with van der Waals surface area (Å²) in [6, 6.07) is -1.04. The molecule has 100 valence electrons. The molecule has 0 aromatic carbocycles. The fourth-order valence-electron chi connectivity index (χ4n) is 1.87. The number of nitrogens with zero attached hydrogens (tertiary/aromatic N) is 1. The minimum Gasteiger partial charge on any atom is -0.390 e. The summed E-state index contributed by atoms with van der Waals surface area (Å²) in [6.07, 6.45) is -0.929. The van der Waals surface area contributed by atoms with E-state index in [1.807, 2.05) is 6.92 Å². The van der Waals surface area contributed by atoms with Gasteiger partial charge in [-0.25, -0.2) is 8.42 Å². The number of carbonyl (C=O) groups is 1. The van der Waals surface area contributed by atoms with Crippen molar-refractivity contribution in [1.29, 1.82) is 0 Å². The van der Waals surface area contributed by atoms with E-state index in [4.69, 9.17) is 0 Å². The number of likely N-dealkylation sites (N-methyl/N-ethyl adjacent to an activating group) is 1. The third-order valence-electron chi connectivity index (χ3n) is 3.01. The third kappa shape index (κ3) is 3.65. The molecule has 1 aliphatic heterocycles. The molecule has 7 heteroatoms. The van der Waals surface area contributed by atoms with Gasteiger partial charge >= 0.3 is 0 Å². The van der Waals surface area contributed by atoms with Crippen LogP contribution in [0.3, 0.4) is 0 Å². The van der Waals surface area contributed by atoms with Gasteiger partial charge in [-0.05, 0) is 13.8 Å². The summed E-state index contributed by atoms with van der Waals surface area (Å²) in [7, 11) is -1.50. The van der Waals surface area contributed by atoms with E-state index in [2.05, 4.69) is 5.32 Å². The molecule has 1 heterocycles. The smallest absolute Gasteiger partial charge is 0.239 e. The molecule has 1 rings (SSSR count). The first-order valence-corrected chi connectivity index (χ1v) is 7.48. The minimum absolute atomic E-state index is 0.107. The van der Waals surface area contributed by atoms with Crippen molar-refractivity contribution in [1.82, 2.24) is 10.2 Å². The standard InChI is InChI=1S/C10H20N2O4S/c1-4-12(3)10(14)7(2)11-8-5-17(15,16)6-9(8)13/h7-9,11,13H,4-6H2,1-3H3. The van der Waals surface area contributed by atoms with Crippen LogP contribution in [0.25, 0.3) is 0 Å². The molecule has 6 nitrogen and oxygen atoms in total. The maximum atomic E-state index is 11.8. The second-order valence-electron chi connectivity index (χ2n) is 4.49. The van der Waals surface area contributed by atoms with Gasteiger partial charge in [0.2, 0.25) is 5.91 Å². The van der Waals surface area contributed by atoms with Crippen molar-refractivity contribution in [3.05, 3.63) is 0 Å². The highest BCUT2D eigenvalue weighted by atomic mass is 32.2. The van der Waals surface area contributed by atoms with Gasteiger partial charge in [0.1, 0.15) is 0 Å². The Morgan fingerprint density at radius 3 is 2.53 bits per heavy atom. The molecule has 1 aliphatic rings. The van der Waals surface area contributed by atoms with E-state index in [9.17, 15) is 18.3 Å². The van der Waals surface area contributed by atoms with Crippen LogP contribution in [0.1, 0.15) is 13.8 Å². The molecule has 0 radical (unpaired) electrons. The van der Waals surface area contributed by atoms with Gasteiger partial charge in [-0.1, -0.05) is 0 Å². The zero-order valence-corrected chi connectivity index (χ0v) is 11.2. The summed E-state index contributed by atoms with van der Waals surface area (Å²) in [5.41, 5.74) is 0. The van der Waals surface area contributed by atoms with Gasteiger partial charge in [0.25, 0.3) is 0 Å². The lowest BCUT2D eigenvalue weighted by Gasteiger charge is -2.24. The summed E-state index contributed by atoms with van der Waals surface area (Å²) in [6.45, 7) is 4.13. The monoisotopic (exact) mass is 264 g/mol. The molecule has 0 bridgehead atoms. The van der Waals surface area contributed by atoms with Gasteiger partial charge in [0, 0.05) is 19.6 Å². The van der Waals surface area contributed by atoms with Crippen LogP contribution >= 0.6 is 0 Å². The number of aliphatic hydroxyl groups is 1. The number of nitrogens with one attached hydrogen (secondary N) is 1. The highest BCUT2D eigenvalue weighted by Gasteiger charge is 2.37. The number of hydrogen-bond acceptors (Lipinski definition) is 5. The van der Waals surface area contributed by atoms with Crippen LogP contribution in [0.2, 0.25) is 0 Å². The summed E-state index contributed by atoms with van der Waals surface area (Å²) in [5.74, 6) is -0.444. The second-order valence-corrected chi connectivity index (χ2v) is 6.65. The number of sulfone groups is 1. The van der Waals surface area contributed by atoms with Gasteiger partial charge < -0.3 is 10.0 Å². The van der Waals surface area contributed by atoms with Crippen LogP contribution in [0.4, 0.5) is 0 Å². The van der Waals surface area contributed by atoms with Crippen LogP contribution in [-0.4, -0.2) is 67.6 Å². The fraction of sp³-hybridized carbons (Fsp3) is 0.900. The van der Waals surface area contributed by atoms with Crippen molar-refractivity contribution in [3.63, 3.8) is 0 Å². The van der Waals surface area contributed by atoms with Gasteiger partial charge in [-0.2, -0.15) is 0 Å². The number of rotatable bonds is 4. The van der Waals surface area contributed by atoms with E-state index < -0.39 is 28.0 Å². The molecular weight excluding hydrogens is 244 g/mol. The van der Waals surface area contributed by atoms with E-state index in [0.29, 0.717) is 6.54 Å². The Bertz CT molecular complexity index is 382. The highest BCUT2D eigenvalue weighted by Crippen LogP contribution is 2.13. The summed E-state index contributed by atoms with van der Waals surface area (Å²) >= 11 is 0. The highest BCUT2D eigenvalue weighted by molar-refractivity contribution is 7.91. The Balaban J connectivity index is 2.58. The molecular formula is C10H20N2O4S. The average Bonchev–Trinajstić information content (AvgIpc) is 2.49. The molecule has 2 N–H and O–H groups in total. The van der Waals surface area contributed by atoms with Crippen molar-refractivity contribution in [2.75, 3.05) is 25.1 Å². The van der Waals surface area contributed by atoms with Crippen molar-refractivity contribution in [2.45, 2.75) is 32.0 Å². The Morgan fingerprint density at radius 2 is 2.12 bits per heavy atom. The average molecular weight is 264 g/mol. The lowest BCUT2D eigenvalue weighted by molar-refractivity contribution is -0.131. The van der Waals surface area contributed by atoms with Crippen LogP contribution in [0.5, 0.6) is 0 Å². The summed E-state index contributed by atoms with van der Waals surface area (Å²) in [4.78, 5) is 13.3. The molecule has 0 aromatic rings. The maximum Gasteiger partial charge on any atom is 0.239 e. The fourth-order valence-corrected chi connectivity index (χ4v) is 3.62. The largest absolute Gasteiger partial charge is 0.390 e. The molecule has 3 atom stereocenters. The zero-order chi connectivity index (χ0) is 13.2. The van der Waals surface area contributed by atoms with Crippen molar-refractivity contribution < 1.29 is 18.3 Å². The van der Waals surface area contributed by atoms with E-state index in [0.717, 1.165) is 0 Å². The lowest BCUT2D eigenvalue weighted by Crippen LogP contribution is -2.50. The third-order valence-corrected chi connectivity index (χ3v) is 4.72. The first-order chi connectivity index (χ1) is 7.76. The molecule has 3 unspecified atom stereocenters. The summed E-state index contributed by atoms with van der Waals surface area (Å²) < 4.78 is 22.6. The van der Waals surface area contributed by atoms with Crippen molar-refractivity contribution >= 4 is 15.7 Å². The molecule has 0 aliphatic carbocycles. The minimum atomic E-state index is -3.18. The molecule has 1 fully saturated rings. The van der Waals surface area contributed by atoms with Crippen LogP contribution in [-0.2, 0) is 14.6 Å². The second kappa shape index (κ2) is 5.32. The van der Waals surface area contributed by atoms with E-state index in [1.165, 1.54) is 0 Å². The molecule has 0 saturated carbocycles. The molecule has 0 spiro atoms. The predicted molar refractivity (Wildman–Crippen MR) is 64.4 cm³/mol. The SMILES string of the molecule is CCN(C)C(=O)C(C)NC1CS(=O)(=O)CC1O. The van der Waals surface area contributed by atoms with Gasteiger partial charge in [-0.3, -0.25) is 10.1 Å². The van der Waals surface area contributed by atoms with E-state index >= 15 is 0 Å². The van der Waals surface area contributed by atoms with Crippen LogP contribution in [0.15, 0.2) is 0 Å². The Labute approximate surface area is 102 Å². The first-order valence-electron chi connectivity index (χ1n) is 5.66. The van der Waals surface area contributed by atoms with Gasteiger partial charge in [-0.15, -0.1) is 0 Å². The predicted octanol–water partition coefficient (Wildman–Crippen LogP) is -1.40. The number of aliphatic hydroxyl groups excluding tert-OH is 1. The molecule has 17 heavy (non-hydrogen) atoms. The zero-order valence-electron chi connectivity index (χ0n) is 10.4. The van der Waals surface area contributed by atoms with Crippen molar-refractivity contribution in [2.24, 2.45) is 0 Å².